The summed E-state index contributed by atoms with van der Waals surface area (Å²) in [5, 5.41) is 21.7. The largest absolute Gasteiger partial charge is 0.325 e. The van der Waals surface area contributed by atoms with Gasteiger partial charge in [0, 0.05) is 28.2 Å². The highest BCUT2D eigenvalue weighted by Crippen LogP contribution is 2.29. The molecular weight excluding hydrogens is 476 g/mol. The number of aromatic nitrogens is 2. The Labute approximate surface area is 193 Å². The Hall–Kier alpha value is -3.61. The number of hydrogen-bond donors (Lipinski definition) is 3. The van der Waals surface area contributed by atoms with E-state index in [0.29, 0.717) is 36.9 Å². The standard InChI is InChI=1S/C19H13ClN6O4S2/c20-10-1-3-11(4-2-10)21-17(28)25-18-22-12(9-31-18)7-16(27)24-19-23-14-6-5-13(26(29)30)8-15(14)32-19/h1-6,8-9H,7H2,(H,23,24,27)(H2,21,22,25,28). The highest BCUT2D eigenvalue weighted by molar-refractivity contribution is 7.22. The van der Waals surface area contributed by atoms with Crippen molar-refractivity contribution in [2.45, 2.75) is 6.42 Å². The number of nitrogens with zero attached hydrogens (tertiary/aromatic N) is 3. The normalized spacial score (nSPS) is 10.7. The van der Waals surface area contributed by atoms with Crippen LogP contribution in [-0.4, -0.2) is 26.8 Å². The fourth-order valence-corrected chi connectivity index (χ4v) is 4.39. The molecule has 4 aromatic rings. The Morgan fingerprint density at radius 1 is 1.03 bits per heavy atom. The van der Waals surface area contributed by atoms with Crippen molar-refractivity contribution in [3.05, 3.63) is 68.7 Å². The van der Waals surface area contributed by atoms with Crippen LogP contribution >= 0.6 is 34.3 Å². The molecule has 13 heteroatoms. The summed E-state index contributed by atoms with van der Waals surface area (Å²) in [7, 11) is 0. The Bertz CT molecular complexity index is 1320. The molecule has 32 heavy (non-hydrogen) atoms. The van der Waals surface area contributed by atoms with Gasteiger partial charge in [0.15, 0.2) is 10.3 Å². The first-order valence-corrected chi connectivity index (χ1v) is 11.1. The van der Waals surface area contributed by atoms with Gasteiger partial charge in [0.1, 0.15) is 0 Å². The van der Waals surface area contributed by atoms with Gasteiger partial charge in [-0.25, -0.2) is 14.8 Å². The highest BCUT2D eigenvalue weighted by atomic mass is 35.5. The molecule has 0 fully saturated rings. The quantitative estimate of drug-likeness (QED) is 0.253. The smallest absolute Gasteiger partial charge is 0.308 e. The molecule has 0 spiro atoms. The Morgan fingerprint density at radius 2 is 1.81 bits per heavy atom. The number of carbonyl (C=O) groups excluding carboxylic acids is 2. The van der Waals surface area contributed by atoms with Gasteiger partial charge in [-0.3, -0.25) is 20.2 Å². The molecule has 0 bridgehead atoms. The number of thiazole rings is 2. The van der Waals surface area contributed by atoms with Crippen molar-refractivity contribution in [2.75, 3.05) is 16.0 Å². The molecule has 0 radical (unpaired) electrons. The number of urea groups is 1. The minimum absolute atomic E-state index is 0.0208. The number of hydrogen-bond acceptors (Lipinski definition) is 8. The van der Waals surface area contributed by atoms with Gasteiger partial charge in [-0.1, -0.05) is 22.9 Å². The number of fused-ring (bicyclic) bond motifs is 1. The Morgan fingerprint density at radius 3 is 2.56 bits per heavy atom. The van der Waals surface area contributed by atoms with Crippen LogP contribution < -0.4 is 16.0 Å². The summed E-state index contributed by atoms with van der Waals surface area (Å²) < 4.78 is 0.598. The first-order valence-electron chi connectivity index (χ1n) is 8.98. The van der Waals surface area contributed by atoms with Gasteiger partial charge in [0.05, 0.1) is 27.3 Å². The van der Waals surface area contributed by atoms with E-state index < -0.39 is 11.0 Å². The van der Waals surface area contributed by atoms with Crippen molar-refractivity contribution in [2.24, 2.45) is 0 Å². The average molecular weight is 489 g/mol. The Kier molecular flexibility index (Phi) is 6.25. The summed E-state index contributed by atoms with van der Waals surface area (Å²) in [5.41, 5.74) is 1.57. The number of halogens is 1. The van der Waals surface area contributed by atoms with Crippen LogP contribution in [0.1, 0.15) is 5.69 Å². The summed E-state index contributed by atoms with van der Waals surface area (Å²) in [6.45, 7) is 0. The van der Waals surface area contributed by atoms with Crippen LogP contribution in [0.4, 0.5) is 26.4 Å². The zero-order valence-corrected chi connectivity index (χ0v) is 18.4. The molecule has 3 amide bonds. The fraction of sp³-hybridized carbons (Fsp3) is 0.0526. The SMILES string of the molecule is O=C(Cc1csc(NC(=O)Nc2ccc(Cl)cc2)n1)Nc1nc2ccc([N+](=O)[O-])cc2s1. The first kappa shape index (κ1) is 21.6. The summed E-state index contributed by atoms with van der Waals surface area (Å²) in [6, 6.07) is 10.5. The zero-order valence-electron chi connectivity index (χ0n) is 16.0. The van der Waals surface area contributed by atoms with E-state index in [-0.39, 0.29) is 18.0 Å². The van der Waals surface area contributed by atoms with E-state index in [9.17, 15) is 19.7 Å². The van der Waals surface area contributed by atoms with Gasteiger partial charge in [-0.05, 0) is 30.3 Å². The fourth-order valence-electron chi connectivity index (χ4n) is 2.65. The van der Waals surface area contributed by atoms with Crippen molar-refractivity contribution in [1.82, 2.24) is 9.97 Å². The lowest BCUT2D eigenvalue weighted by Crippen LogP contribution is -2.19. The monoisotopic (exact) mass is 488 g/mol. The van der Waals surface area contributed by atoms with E-state index in [1.165, 1.54) is 29.5 Å². The molecule has 0 aliphatic carbocycles. The first-order chi connectivity index (χ1) is 15.4. The molecule has 2 aromatic carbocycles. The summed E-state index contributed by atoms with van der Waals surface area (Å²) >= 11 is 8.14. The van der Waals surface area contributed by atoms with Gasteiger partial charge < -0.3 is 10.6 Å². The van der Waals surface area contributed by atoms with E-state index in [2.05, 4.69) is 25.9 Å². The van der Waals surface area contributed by atoms with Gasteiger partial charge in [-0.15, -0.1) is 11.3 Å². The minimum Gasteiger partial charge on any atom is -0.308 e. The second-order valence-corrected chi connectivity index (χ2v) is 8.71. The van der Waals surface area contributed by atoms with Crippen molar-refractivity contribution < 1.29 is 14.5 Å². The lowest BCUT2D eigenvalue weighted by Gasteiger charge is -2.05. The van der Waals surface area contributed by atoms with Gasteiger partial charge in [0.25, 0.3) is 5.69 Å². The molecule has 0 saturated heterocycles. The molecule has 3 N–H and O–H groups in total. The third kappa shape index (κ3) is 5.35. The van der Waals surface area contributed by atoms with E-state index >= 15 is 0 Å². The third-order valence-electron chi connectivity index (χ3n) is 4.05. The van der Waals surface area contributed by atoms with E-state index in [0.717, 1.165) is 11.3 Å². The maximum absolute atomic E-state index is 12.3. The summed E-state index contributed by atoms with van der Waals surface area (Å²) in [6.07, 6.45) is -0.0208. The molecule has 0 saturated carbocycles. The third-order valence-corrected chi connectivity index (χ3v) is 6.04. The number of carbonyl (C=O) groups is 2. The van der Waals surface area contributed by atoms with Crippen LogP contribution in [0, 0.1) is 10.1 Å². The van der Waals surface area contributed by atoms with Crippen LogP contribution in [0.5, 0.6) is 0 Å². The lowest BCUT2D eigenvalue weighted by molar-refractivity contribution is -0.384. The molecule has 0 unspecified atom stereocenters. The molecule has 4 rings (SSSR count). The molecule has 0 atom stereocenters. The number of amides is 3. The zero-order chi connectivity index (χ0) is 22.7. The number of nitrogens with one attached hydrogen (secondary N) is 3. The summed E-state index contributed by atoms with van der Waals surface area (Å²) in [4.78, 5) is 43.3. The van der Waals surface area contributed by atoms with Crippen molar-refractivity contribution in [1.29, 1.82) is 0 Å². The molecule has 0 aliphatic heterocycles. The molecule has 2 aromatic heterocycles. The predicted molar refractivity (Wildman–Crippen MR) is 125 cm³/mol. The van der Waals surface area contributed by atoms with Crippen LogP contribution in [-0.2, 0) is 11.2 Å². The maximum Gasteiger partial charge on any atom is 0.325 e. The van der Waals surface area contributed by atoms with Gasteiger partial charge in [0.2, 0.25) is 5.91 Å². The van der Waals surface area contributed by atoms with Gasteiger partial charge >= 0.3 is 6.03 Å². The second-order valence-electron chi connectivity index (χ2n) is 6.38. The van der Waals surface area contributed by atoms with E-state index in [4.69, 9.17) is 11.6 Å². The number of benzene rings is 2. The van der Waals surface area contributed by atoms with Crippen LogP contribution in [0.15, 0.2) is 47.8 Å². The average Bonchev–Trinajstić information content (AvgIpc) is 3.34. The second kappa shape index (κ2) is 9.26. The van der Waals surface area contributed by atoms with Crippen molar-refractivity contribution in [3.63, 3.8) is 0 Å². The topological polar surface area (TPSA) is 139 Å². The predicted octanol–water partition coefficient (Wildman–Crippen LogP) is 5.14. The van der Waals surface area contributed by atoms with Crippen molar-refractivity contribution in [3.8, 4) is 0 Å². The lowest BCUT2D eigenvalue weighted by atomic mass is 10.3. The van der Waals surface area contributed by atoms with Gasteiger partial charge in [-0.2, -0.15) is 0 Å². The number of anilines is 3. The molecular formula is C19H13ClN6O4S2. The van der Waals surface area contributed by atoms with Crippen molar-refractivity contribution >= 4 is 78.1 Å². The number of nitro groups is 1. The Balaban J connectivity index is 1.33. The molecule has 0 aliphatic rings. The van der Waals surface area contributed by atoms with E-state index in [1.54, 1.807) is 29.6 Å². The number of non-ortho nitro benzene ring substituents is 1. The van der Waals surface area contributed by atoms with Crippen LogP contribution in [0.25, 0.3) is 10.2 Å². The van der Waals surface area contributed by atoms with Crippen LogP contribution in [0.2, 0.25) is 5.02 Å². The highest BCUT2D eigenvalue weighted by Gasteiger charge is 2.14. The van der Waals surface area contributed by atoms with E-state index in [1.807, 2.05) is 0 Å². The molecule has 162 valence electrons. The summed E-state index contributed by atoms with van der Waals surface area (Å²) in [5.74, 6) is -0.346. The molecule has 10 nitrogen and oxygen atoms in total. The minimum atomic E-state index is -0.485. The van der Waals surface area contributed by atoms with Crippen LogP contribution in [0.3, 0.4) is 0 Å². The maximum atomic E-state index is 12.3. The number of nitro benzene ring substituents is 1. The molecule has 2 heterocycles. The number of rotatable bonds is 6.